The second-order valence-corrected chi connectivity index (χ2v) is 4.38. The van der Waals surface area contributed by atoms with Crippen LogP contribution in [0.3, 0.4) is 0 Å². The Hall–Kier alpha value is -0.960. The Labute approximate surface area is 98.3 Å². The van der Waals surface area contributed by atoms with E-state index in [4.69, 9.17) is 0 Å². The number of rotatable bonds is 2. The standard InChI is InChI=1S/C12H13BrN2/c1-3-10-8(2)9(7-14-10)11-5-4-6-12(13)15-11/h4-6H,3,7H2,1-2H3. The lowest BCUT2D eigenvalue weighted by atomic mass is 10.0. The van der Waals surface area contributed by atoms with Crippen LogP contribution >= 0.6 is 15.9 Å². The summed E-state index contributed by atoms with van der Waals surface area (Å²) in [6.45, 7) is 5.05. The Morgan fingerprint density at radius 1 is 1.40 bits per heavy atom. The average molecular weight is 265 g/mol. The summed E-state index contributed by atoms with van der Waals surface area (Å²) in [5.41, 5.74) is 4.80. The lowest BCUT2D eigenvalue weighted by molar-refractivity contribution is 1.18. The van der Waals surface area contributed by atoms with Crippen LogP contribution in [0.1, 0.15) is 26.0 Å². The van der Waals surface area contributed by atoms with Gasteiger partial charge in [-0.2, -0.15) is 0 Å². The van der Waals surface area contributed by atoms with Crippen molar-refractivity contribution in [1.29, 1.82) is 0 Å². The van der Waals surface area contributed by atoms with Crippen molar-refractivity contribution in [3.05, 3.63) is 34.1 Å². The fourth-order valence-electron chi connectivity index (χ4n) is 1.81. The summed E-state index contributed by atoms with van der Waals surface area (Å²) in [5, 5.41) is 0. The van der Waals surface area contributed by atoms with E-state index in [1.165, 1.54) is 16.9 Å². The van der Waals surface area contributed by atoms with Crippen LogP contribution in [0, 0.1) is 0 Å². The van der Waals surface area contributed by atoms with Crippen LogP contribution < -0.4 is 0 Å². The highest BCUT2D eigenvalue weighted by atomic mass is 79.9. The summed E-state index contributed by atoms with van der Waals surface area (Å²) in [7, 11) is 0. The summed E-state index contributed by atoms with van der Waals surface area (Å²) in [5.74, 6) is 0. The summed E-state index contributed by atoms with van der Waals surface area (Å²) < 4.78 is 0.880. The molecule has 78 valence electrons. The minimum Gasteiger partial charge on any atom is -0.285 e. The van der Waals surface area contributed by atoms with Gasteiger partial charge in [0.2, 0.25) is 0 Å². The zero-order valence-electron chi connectivity index (χ0n) is 8.92. The maximum atomic E-state index is 4.51. The first-order valence-corrected chi connectivity index (χ1v) is 5.88. The van der Waals surface area contributed by atoms with Gasteiger partial charge in [0.15, 0.2) is 0 Å². The van der Waals surface area contributed by atoms with Crippen LogP contribution in [0.2, 0.25) is 0 Å². The lowest BCUT2D eigenvalue weighted by Gasteiger charge is -2.03. The van der Waals surface area contributed by atoms with Crippen molar-refractivity contribution < 1.29 is 0 Å². The molecule has 2 rings (SSSR count). The minimum absolute atomic E-state index is 0.776. The van der Waals surface area contributed by atoms with E-state index in [-0.39, 0.29) is 0 Å². The highest BCUT2D eigenvalue weighted by molar-refractivity contribution is 9.10. The first-order chi connectivity index (χ1) is 7.22. The van der Waals surface area contributed by atoms with Gasteiger partial charge in [-0.25, -0.2) is 4.98 Å². The predicted octanol–water partition coefficient (Wildman–Crippen LogP) is 3.48. The third-order valence-corrected chi connectivity index (χ3v) is 3.11. The first kappa shape index (κ1) is 10.6. The summed E-state index contributed by atoms with van der Waals surface area (Å²) in [4.78, 5) is 8.97. The lowest BCUT2D eigenvalue weighted by Crippen LogP contribution is -1.96. The molecule has 0 atom stereocenters. The van der Waals surface area contributed by atoms with E-state index in [2.05, 4.69) is 39.8 Å². The van der Waals surface area contributed by atoms with Crippen molar-refractivity contribution in [1.82, 2.24) is 4.98 Å². The van der Waals surface area contributed by atoms with E-state index in [0.717, 1.165) is 23.3 Å². The molecule has 0 spiro atoms. The number of nitrogens with zero attached hydrogens (tertiary/aromatic N) is 2. The van der Waals surface area contributed by atoms with Crippen LogP contribution in [0.25, 0.3) is 5.57 Å². The second kappa shape index (κ2) is 4.27. The molecule has 0 amide bonds. The van der Waals surface area contributed by atoms with Gasteiger partial charge < -0.3 is 0 Å². The SMILES string of the molecule is CCC1=NCC(c2cccc(Br)n2)=C1C. The summed E-state index contributed by atoms with van der Waals surface area (Å²) in [6.07, 6.45) is 1.00. The summed E-state index contributed by atoms with van der Waals surface area (Å²) in [6, 6.07) is 5.99. The van der Waals surface area contributed by atoms with Crippen molar-refractivity contribution in [2.45, 2.75) is 20.3 Å². The molecule has 1 aliphatic heterocycles. The molecule has 15 heavy (non-hydrogen) atoms. The van der Waals surface area contributed by atoms with E-state index >= 15 is 0 Å². The molecular weight excluding hydrogens is 252 g/mol. The fourth-order valence-corrected chi connectivity index (χ4v) is 2.16. The zero-order valence-corrected chi connectivity index (χ0v) is 10.5. The molecule has 2 nitrogen and oxygen atoms in total. The number of aromatic nitrogens is 1. The van der Waals surface area contributed by atoms with Crippen molar-refractivity contribution in [2.24, 2.45) is 4.99 Å². The number of pyridine rings is 1. The van der Waals surface area contributed by atoms with E-state index in [9.17, 15) is 0 Å². The number of hydrogen-bond donors (Lipinski definition) is 0. The number of hydrogen-bond acceptors (Lipinski definition) is 2. The molecule has 1 aromatic rings. The van der Waals surface area contributed by atoms with Gasteiger partial charge in [-0.05, 0) is 47.0 Å². The first-order valence-electron chi connectivity index (χ1n) is 5.08. The molecular formula is C12H13BrN2. The summed E-state index contributed by atoms with van der Waals surface area (Å²) >= 11 is 3.39. The van der Waals surface area contributed by atoms with E-state index in [1.807, 2.05) is 18.2 Å². The number of halogens is 1. The van der Waals surface area contributed by atoms with Crippen LogP contribution in [-0.2, 0) is 0 Å². The van der Waals surface area contributed by atoms with Gasteiger partial charge in [0, 0.05) is 11.3 Å². The monoisotopic (exact) mass is 264 g/mol. The molecule has 0 unspecified atom stereocenters. The van der Waals surface area contributed by atoms with E-state index in [0.29, 0.717) is 0 Å². The molecule has 2 heterocycles. The molecule has 0 N–H and O–H groups in total. The Bertz CT molecular complexity index is 447. The highest BCUT2D eigenvalue weighted by Gasteiger charge is 2.16. The van der Waals surface area contributed by atoms with Gasteiger partial charge in [0.1, 0.15) is 4.60 Å². The van der Waals surface area contributed by atoms with Crippen LogP contribution in [0.4, 0.5) is 0 Å². The molecule has 0 saturated heterocycles. The molecule has 0 aliphatic carbocycles. The van der Waals surface area contributed by atoms with Gasteiger partial charge in [-0.3, -0.25) is 4.99 Å². The average Bonchev–Trinajstić information content (AvgIpc) is 2.59. The van der Waals surface area contributed by atoms with Gasteiger partial charge in [0.25, 0.3) is 0 Å². The smallest absolute Gasteiger partial charge is 0.106 e. The highest BCUT2D eigenvalue weighted by Crippen LogP contribution is 2.25. The third-order valence-electron chi connectivity index (χ3n) is 2.67. The zero-order chi connectivity index (χ0) is 10.8. The maximum absolute atomic E-state index is 4.51. The Morgan fingerprint density at radius 3 is 2.80 bits per heavy atom. The minimum atomic E-state index is 0.776. The van der Waals surface area contributed by atoms with E-state index in [1.54, 1.807) is 0 Å². The third kappa shape index (κ3) is 2.02. The number of aliphatic imine (C=N–C) groups is 1. The van der Waals surface area contributed by atoms with Gasteiger partial charge >= 0.3 is 0 Å². The number of allylic oxidation sites excluding steroid dienone is 1. The Kier molecular flexibility index (Phi) is 3.00. The molecule has 1 aromatic heterocycles. The van der Waals surface area contributed by atoms with Crippen molar-refractivity contribution in [3.8, 4) is 0 Å². The van der Waals surface area contributed by atoms with E-state index < -0.39 is 0 Å². The molecule has 0 fully saturated rings. The molecule has 0 aromatic carbocycles. The van der Waals surface area contributed by atoms with Gasteiger partial charge in [-0.1, -0.05) is 13.0 Å². The van der Waals surface area contributed by atoms with Crippen LogP contribution in [-0.4, -0.2) is 17.2 Å². The van der Waals surface area contributed by atoms with Gasteiger partial charge in [-0.15, -0.1) is 0 Å². The van der Waals surface area contributed by atoms with Crippen LogP contribution in [0.15, 0.2) is 33.4 Å². The Balaban J connectivity index is 2.39. The van der Waals surface area contributed by atoms with Crippen molar-refractivity contribution >= 4 is 27.2 Å². The molecule has 1 aliphatic rings. The van der Waals surface area contributed by atoms with Crippen molar-refractivity contribution in [3.63, 3.8) is 0 Å². The molecule has 3 heteroatoms. The van der Waals surface area contributed by atoms with Crippen LogP contribution in [0.5, 0.6) is 0 Å². The van der Waals surface area contributed by atoms with Gasteiger partial charge in [0.05, 0.1) is 12.2 Å². The fraction of sp³-hybridized carbons (Fsp3) is 0.333. The molecule has 0 saturated carbocycles. The second-order valence-electron chi connectivity index (χ2n) is 3.57. The molecule has 0 radical (unpaired) electrons. The topological polar surface area (TPSA) is 25.2 Å². The normalized spacial score (nSPS) is 15.8. The molecule has 0 bridgehead atoms. The predicted molar refractivity (Wildman–Crippen MR) is 67.1 cm³/mol. The Morgan fingerprint density at radius 2 is 2.20 bits per heavy atom. The largest absolute Gasteiger partial charge is 0.285 e. The maximum Gasteiger partial charge on any atom is 0.106 e. The van der Waals surface area contributed by atoms with Crippen molar-refractivity contribution in [2.75, 3.05) is 6.54 Å². The quantitative estimate of drug-likeness (QED) is 0.751.